The number of hydrogen-bond acceptors (Lipinski definition) is 3. The van der Waals surface area contributed by atoms with Gasteiger partial charge in [0.1, 0.15) is 5.69 Å². The fourth-order valence-electron chi connectivity index (χ4n) is 1.64. The quantitative estimate of drug-likeness (QED) is 0.877. The van der Waals surface area contributed by atoms with E-state index >= 15 is 0 Å². The maximum atomic E-state index is 12.8. The van der Waals surface area contributed by atoms with Gasteiger partial charge >= 0.3 is 6.18 Å². The number of aromatic nitrogens is 2. The number of nitrogens with one attached hydrogen (secondary N) is 1. The lowest BCUT2D eigenvalue weighted by Gasteiger charge is -2.12. The molecule has 1 amide bonds. The van der Waals surface area contributed by atoms with Gasteiger partial charge in [-0.25, -0.2) is 4.68 Å². The number of carbonyl (C=O) groups excluding carboxylic acids is 1. The summed E-state index contributed by atoms with van der Waals surface area (Å²) in [6.45, 7) is 0. The lowest BCUT2D eigenvalue weighted by Crippen LogP contribution is -2.23. The highest BCUT2D eigenvalue weighted by Crippen LogP contribution is 2.36. The molecule has 1 heterocycles. The highest BCUT2D eigenvalue weighted by Gasteiger charge is 2.33. The van der Waals surface area contributed by atoms with E-state index in [-0.39, 0.29) is 15.9 Å². The van der Waals surface area contributed by atoms with E-state index in [9.17, 15) is 22.8 Å². The molecule has 2 aromatic rings. The minimum Gasteiger partial charge on any atom is -0.321 e. The maximum Gasteiger partial charge on any atom is 0.417 e. The number of carbonyl (C=O) groups is 1. The van der Waals surface area contributed by atoms with Crippen LogP contribution < -0.4 is 10.9 Å². The molecule has 0 aliphatic carbocycles. The zero-order chi connectivity index (χ0) is 16.5. The van der Waals surface area contributed by atoms with Crippen LogP contribution in [0.4, 0.5) is 18.9 Å². The van der Waals surface area contributed by atoms with Crippen molar-refractivity contribution in [3.63, 3.8) is 0 Å². The summed E-state index contributed by atoms with van der Waals surface area (Å²) in [5.41, 5.74) is -1.42. The zero-order valence-electron chi connectivity index (χ0n) is 11.1. The number of rotatable bonds is 2. The predicted molar refractivity (Wildman–Crippen MR) is 76.6 cm³/mol. The first-order valence-electron chi connectivity index (χ1n) is 5.91. The van der Waals surface area contributed by atoms with Crippen LogP contribution in [0.1, 0.15) is 16.1 Å². The minimum atomic E-state index is -4.55. The Kier molecular flexibility index (Phi) is 4.36. The number of anilines is 1. The Morgan fingerprint density at radius 2 is 1.95 bits per heavy atom. The lowest BCUT2D eigenvalue weighted by atomic mass is 10.2. The van der Waals surface area contributed by atoms with Gasteiger partial charge in [0.05, 0.1) is 5.56 Å². The molecule has 0 bridgehead atoms. The monoisotopic (exact) mass is 375 g/mol. The second-order valence-corrected chi connectivity index (χ2v) is 5.18. The number of benzene rings is 1. The van der Waals surface area contributed by atoms with Crippen molar-refractivity contribution in [3.05, 3.63) is 56.4 Å². The van der Waals surface area contributed by atoms with Crippen LogP contribution in [0.25, 0.3) is 0 Å². The highest BCUT2D eigenvalue weighted by molar-refractivity contribution is 9.10. The zero-order valence-corrected chi connectivity index (χ0v) is 12.7. The molecule has 116 valence electrons. The molecule has 1 aromatic carbocycles. The molecule has 9 heteroatoms. The standard InChI is InChI=1S/C13H9BrF3N3O2/c1-20-11(21)5-4-10(19-20)12(22)18-7-2-3-9(14)8(6-7)13(15,16)17/h2-6H,1H3,(H,18,22). The average molecular weight is 376 g/mol. The maximum absolute atomic E-state index is 12.8. The van der Waals surface area contributed by atoms with E-state index in [1.807, 2.05) is 0 Å². The average Bonchev–Trinajstić information content (AvgIpc) is 2.42. The molecular weight excluding hydrogens is 367 g/mol. The van der Waals surface area contributed by atoms with E-state index in [0.29, 0.717) is 0 Å². The molecule has 0 unspecified atom stereocenters. The molecule has 2 rings (SSSR count). The molecule has 0 spiro atoms. The van der Waals surface area contributed by atoms with Crippen LogP contribution >= 0.6 is 15.9 Å². The Balaban J connectivity index is 2.29. The van der Waals surface area contributed by atoms with Crippen molar-refractivity contribution < 1.29 is 18.0 Å². The van der Waals surface area contributed by atoms with Gasteiger partial charge in [0, 0.05) is 23.3 Å². The van der Waals surface area contributed by atoms with Crippen molar-refractivity contribution in [1.82, 2.24) is 9.78 Å². The molecule has 0 atom stereocenters. The Morgan fingerprint density at radius 1 is 1.27 bits per heavy atom. The molecule has 1 aromatic heterocycles. The summed E-state index contributed by atoms with van der Waals surface area (Å²) in [6, 6.07) is 5.65. The Morgan fingerprint density at radius 3 is 2.55 bits per heavy atom. The van der Waals surface area contributed by atoms with Gasteiger partial charge < -0.3 is 5.32 Å². The van der Waals surface area contributed by atoms with Crippen LogP contribution in [0.2, 0.25) is 0 Å². The number of amides is 1. The van der Waals surface area contributed by atoms with E-state index in [4.69, 9.17) is 0 Å². The molecule has 0 saturated heterocycles. The summed E-state index contributed by atoms with van der Waals surface area (Å²) >= 11 is 2.81. The van der Waals surface area contributed by atoms with Gasteiger partial charge in [-0.1, -0.05) is 15.9 Å². The van der Waals surface area contributed by atoms with Gasteiger partial charge in [-0.05, 0) is 24.3 Å². The van der Waals surface area contributed by atoms with E-state index in [0.717, 1.165) is 16.8 Å². The molecule has 0 fully saturated rings. The normalized spacial score (nSPS) is 11.3. The smallest absolute Gasteiger partial charge is 0.321 e. The first-order valence-corrected chi connectivity index (χ1v) is 6.70. The predicted octanol–water partition coefficient (Wildman–Crippen LogP) is 2.81. The summed E-state index contributed by atoms with van der Waals surface area (Å²) < 4.78 is 39.2. The third-order valence-electron chi connectivity index (χ3n) is 2.72. The van der Waals surface area contributed by atoms with Crippen molar-refractivity contribution in [1.29, 1.82) is 0 Å². The lowest BCUT2D eigenvalue weighted by molar-refractivity contribution is -0.138. The molecule has 0 aliphatic heterocycles. The topological polar surface area (TPSA) is 64.0 Å². The summed E-state index contributed by atoms with van der Waals surface area (Å²) in [4.78, 5) is 23.1. The Labute approximate surface area is 130 Å². The van der Waals surface area contributed by atoms with Crippen molar-refractivity contribution in [2.75, 3.05) is 5.32 Å². The Hall–Kier alpha value is -2.16. The van der Waals surface area contributed by atoms with Gasteiger partial charge in [0.25, 0.3) is 11.5 Å². The summed E-state index contributed by atoms with van der Waals surface area (Å²) in [6.07, 6.45) is -4.55. The number of hydrogen-bond donors (Lipinski definition) is 1. The van der Waals surface area contributed by atoms with Gasteiger partial charge in [0.2, 0.25) is 0 Å². The Bertz CT molecular complexity index is 787. The summed E-state index contributed by atoms with van der Waals surface area (Å²) in [5.74, 6) is -0.717. The van der Waals surface area contributed by atoms with Crippen molar-refractivity contribution >= 4 is 27.5 Å². The van der Waals surface area contributed by atoms with Crippen molar-refractivity contribution in [2.45, 2.75) is 6.18 Å². The number of nitrogens with zero attached hydrogens (tertiary/aromatic N) is 2. The van der Waals surface area contributed by atoms with Gasteiger partial charge in [-0.2, -0.15) is 18.3 Å². The molecule has 0 saturated carbocycles. The van der Waals surface area contributed by atoms with E-state index in [1.54, 1.807) is 0 Å². The first kappa shape index (κ1) is 16.2. The van der Waals surface area contributed by atoms with Crippen LogP contribution in [-0.4, -0.2) is 15.7 Å². The highest BCUT2D eigenvalue weighted by atomic mass is 79.9. The fraction of sp³-hybridized carbons (Fsp3) is 0.154. The van der Waals surface area contributed by atoms with Crippen LogP contribution in [0.15, 0.2) is 39.6 Å². The second-order valence-electron chi connectivity index (χ2n) is 4.33. The molecule has 1 N–H and O–H groups in total. The SMILES string of the molecule is Cn1nc(C(=O)Nc2ccc(Br)c(C(F)(F)F)c2)ccc1=O. The van der Waals surface area contributed by atoms with Gasteiger partial charge in [0.15, 0.2) is 0 Å². The summed E-state index contributed by atoms with van der Waals surface area (Å²) in [7, 11) is 1.36. The summed E-state index contributed by atoms with van der Waals surface area (Å²) in [5, 5.41) is 6.03. The number of alkyl halides is 3. The molecule has 0 radical (unpaired) electrons. The van der Waals surface area contributed by atoms with Gasteiger partial charge in [-0.3, -0.25) is 9.59 Å². The van der Waals surface area contributed by atoms with Crippen LogP contribution in [0.5, 0.6) is 0 Å². The largest absolute Gasteiger partial charge is 0.417 e. The van der Waals surface area contributed by atoms with E-state index in [1.165, 1.54) is 25.2 Å². The molecule has 0 aliphatic rings. The third kappa shape index (κ3) is 3.53. The van der Waals surface area contributed by atoms with Crippen LogP contribution in [-0.2, 0) is 13.2 Å². The molecule has 22 heavy (non-hydrogen) atoms. The molecule has 5 nitrogen and oxygen atoms in total. The van der Waals surface area contributed by atoms with Crippen LogP contribution in [0, 0.1) is 0 Å². The third-order valence-corrected chi connectivity index (χ3v) is 3.41. The van der Waals surface area contributed by atoms with Gasteiger partial charge in [-0.15, -0.1) is 0 Å². The second kappa shape index (κ2) is 5.91. The van der Waals surface area contributed by atoms with Crippen molar-refractivity contribution in [2.24, 2.45) is 7.05 Å². The molecular formula is C13H9BrF3N3O2. The first-order chi connectivity index (χ1) is 10.2. The fourth-order valence-corrected chi connectivity index (χ4v) is 2.11. The minimum absolute atomic E-state index is 0.0313. The number of aryl methyl sites for hydroxylation is 1. The number of halogens is 4. The van der Waals surface area contributed by atoms with E-state index < -0.39 is 23.2 Å². The van der Waals surface area contributed by atoms with Crippen LogP contribution in [0.3, 0.4) is 0 Å². The van der Waals surface area contributed by atoms with E-state index in [2.05, 4.69) is 26.3 Å². The van der Waals surface area contributed by atoms with Crippen molar-refractivity contribution in [3.8, 4) is 0 Å².